The van der Waals surface area contributed by atoms with Crippen molar-refractivity contribution in [3.8, 4) is 11.6 Å². The van der Waals surface area contributed by atoms with E-state index in [9.17, 15) is 0 Å². The van der Waals surface area contributed by atoms with Crippen molar-refractivity contribution in [3.05, 3.63) is 65.6 Å². The molecule has 0 saturated heterocycles. The number of aryl methyl sites for hydroxylation is 2. The van der Waals surface area contributed by atoms with E-state index < -0.39 is 0 Å². The van der Waals surface area contributed by atoms with Gasteiger partial charge in [-0.2, -0.15) is 4.98 Å². The Balaban J connectivity index is 1.48. The van der Waals surface area contributed by atoms with Gasteiger partial charge in [0.05, 0.1) is 12.0 Å². The van der Waals surface area contributed by atoms with Crippen molar-refractivity contribution in [3.63, 3.8) is 0 Å². The number of nitrogens with zero attached hydrogens (tertiary/aromatic N) is 4. The normalized spacial score (nSPS) is 15.2. The molecular weight excluding hydrogens is 312 g/mol. The number of hydrogen-bond donors (Lipinski definition) is 0. The van der Waals surface area contributed by atoms with Gasteiger partial charge in [0.25, 0.3) is 0 Å². The molecule has 4 rings (SSSR count). The second-order valence-corrected chi connectivity index (χ2v) is 6.73. The molecule has 0 amide bonds. The van der Waals surface area contributed by atoms with Crippen LogP contribution >= 0.6 is 0 Å². The highest BCUT2D eigenvalue weighted by Gasteiger charge is 2.25. The van der Waals surface area contributed by atoms with Gasteiger partial charge in [0.2, 0.25) is 5.88 Å². The Hall–Kier alpha value is -2.69. The molecule has 0 spiro atoms. The third-order valence-corrected chi connectivity index (χ3v) is 4.50. The Morgan fingerprint density at radius 1 is 1.12 bits per heavy atom. The zero-order chi connectivity index (χ0) is 17.4. The third kappa shape index (κ3) is 3.55. The Morgan fingerprint density at radius 3 is 2.56 bits per heavy atom. The molecule has 1 unspecified atom stereocenters. The van der Waals surface area contributed by atoms with Crippen molar-refractivity contribution in [2.45, 2.75) is 45.6 Å². The lowest BCUT2D eigenvalue weighted by molar-refractivity contribution is 0.216. The molecule has 1 saturated carbocycles. The van der Waals surface area contributed by atoms with Gasteiger partial charge in [-0.1, -0.05) is 12.1 Å². The molecule has 1 fully saturated rings. The van der Waals surface area contributed by atoms with Crippen LogP contribution in [0.15, 0.2) is 42.9 Å². The molecule has 1 aromatic carbocycles. The number of benzene rings is 1. The monoisotopic (exact) mass is 334 g/mol. The maximum absolute atomic E-state index is 5.98. The summed E-state index contributed by atoms with van der Waals surface area (Å²) in [6.45, 7) is 5.85. The van der Waals surface area contributed by atoms with Crippen molar-refractivity contribution >= 4 is 0 Å². The highest BCUT2D eigenvalue weighted by molar-refractivity contribution is 5.36. The Labute approximate surface area is 147 Å². The SMILES string of the molecule is Cc1cc(OC(C)c2ccc(-n3cnc(C4CC4)c3)cc2)nc(C)n1. The van der Waals surface area contributed by atoms with Crippen molar-refractivity contribution in [2.75, 3.05) is 0 Å². The zero-order valence-corrected chi connectivity index (χ0v) is 14.8. The molecule has 1 atom stereocenters. The van der Waals surface area contributed by atoms with E-state index >= 15 is 0 Å². The van der Waals surface area contributed by atoms with E-state index in [2.05, 4.69) is 50.0 Å². The summed E-state index contributed by atoms with van der Waals surface area (Å²) in [6.07, 6.45) is 6.50. The molecule has 3 aromatic rings. The van der Waals surface area contributed by atoms with Crippen LogP contribution in [-0.2, 0) is 0 Å². The van der Waals surface area contributed by atoms with Crippen LogP contribution in [0.1, 0.15) is 54.6 Å². The van der Waals surface area contributed by atoms with Crippen LogP contribution in [0, 0.1) is 13.8 Å². The zero-order valence-electron chi connectivity index (χ0n) is 14.8. The van der Waals surface area contributed by atoms with Gasteiger partial charge in [0.1, 0.15) is 11.9 Å². The molecule has 5 nitrogen and oxygen atoms in total. The predicted molar refractivity (Wildman–Crippen MR) is 96.1 cm³/mol. The van der Waals surface area contributed by atoms with E-state index in [1.807, 2.05) is 33.2 Å². The van der Waals surface area contributed by atoms with Gasteiger partial charge in [-0.05, 0) is 51.3 Å². The molecular formula is C20H22N4O. The molecule has 0 aliphatic heterocycles. The Morgan fingerprint density at radius 2 is 1.88 bits per heavy atom. The van der Waals surface area contributed by atoms with E-state index in [0.717, 1.165) is 22.8 Å². The van der Waals surface area contributed by atoms with E-state index in [1.165, 1.54) is 18.5 Å². The first kappa shape index (κ1) is 15.8. The van der Waals surface area contributed by atoms with Crippen LogP contribution in [-0.4, -0.2) is 19.5 Å². The molecule has 0 radical (unpaired) electrons. The first-order chi connectivity index (χ1) is 12.1. The highest BCUT2D eigenvalue weighted by Crippen LogP contribution is 2.39. The summed E-state index contributed by atoms with van der Waals surface area (Å²) in [6, 6.07) is 10.3. The standard InChI is InChI=1S/C20H22N4O/c1-13-10-20(23-15(3)22-13)25-14(2)16-6-8-18(9-7-16)24-11-19(21-12-24)17-4-5-17/h6-12,14,17H,4-5H2,1-3H3. The fourth-order valence-electron chi connectivity index (χ4n) is 2.98. The molecule has 2 heterocycles. The van der Waals surface area contributed by atoms with Gasteiger partial charge in [-0.3, -0.25) is 0 Å². The van der Waals surface area contributed by atoms with Crippen molar-refractivity contribution in [2.24, 2.45) is 0 Å². The predicted octanol–water partition coefficient (Wildman–Crippen LogP) is 4.30. The van der Waals surface area contributed by atoms with Crippen molar-refractivity contribution < 1.29 is 4.74 Å². The second-order valence-electron chi connectivity index (χ2n) is 6.73. The number of ether oxygens (including phenoxy) is 1. The van der Waals surface area contributed by atoms with Crippen LogP contribution in [0.25, 0.3) is 5.69 Å². The molecule has 1 aliphatic carbocycles. The van der Waals surface area contributed by atoms with Crippen molar-refractivity contribution in [1.82, 2.24) is 19.5 Å². The molecule has 1 aliphatic rings. The Bertz CT molecular complexity index is 861. The van der Waals surface area contributed by atoms with Gasteiger partial charge in [0, 0.05) is 29.6 Å². The number of aromatic nitrogens is 4. The van der Waals surface area contributed by atoms with Crippen LogP contribution < -0.4 is 4.74 Å². The summed E-state index contributed by atoms with van der Waals surface area (Å²) in [5.74, 6) is 2.02. The molecule has 25 heavy (non-hydrogen) atoms. The summed E-state index contributed by atoms with van der Waals surface area (Å²) in [5.41, 5.74) is 4.34. The average molecular weight is 334 g/mol. The lowest BCUT2D eigenvalue weighted by Crippen LogP contribution is -2.06. The van der Waals surface area contributed by atoms with Crippen LogP contribution in [0.4, 0.5) is 0 Å². The quantitative estimate of drug-likeness (QED) is 0.698. The minimum absolute atomic E-state index is 0.0763. The summed E-state index contributed by atoms with van der Waals surface area (Å²) >= 11 is 0. The largest absolute Gasteiger partial charge is 0.470 e. The van der Waals surface area contributed by atoms with Crippen LogP contribution in [0.3, 0.4) is 0 Å². The van der Waals surface area contributed by atoms with E-state index in [0.29, 0.717) is 11.8 Å². The first-order valence-electron chi connectivity index (χ1n) is 8.71. The molecule has 128 valence electrons. The van der Waals surface area contributed by atoms with Gasteiger partial charge in [-0.15, -0.1) is 0 Å². The minimum Gasteiger partial charge on any atom is -0.470 e. The average Bonchev–Trinajstić information content (AvgIpc) is 3.31. The maximum Gasteiger partial charge on any atom is 0.217 e. The van der Waals surface area contributed by atoms with Crippen LogP contribution in [0.5, 0.6) is 5.88 Å². The number of rotatable bonds is 5. The summed E-state index contributed by atoms with van der Waals surface area (Å²) in [5, 5.41) is 0. The Kier molecular flexibility index (Phi) is 3.99. The van der Waals surface area contributed by atoms with Gasteiger partial charge < -0.3 is 9.30 Å². The minimum atomic E-state index is -0.0763. The smallest absolute Gasteiger partial charge is 0.217 e. The summed E-state index contributed by atoms with van der Waals surface area (Å²) in [4.78, 5) is 13.1. The van der Waals surface area contributed by atoms with Gasteiger partial charge >= 0.3 is 0 Å². The van der Waals surface area contributed by atoms with Crippen molar-refractivity contribution in [1.29, 1.82) is 0 Å². The lowest BCUT2D eigenvalue weighted by atomic mass is 10.1. The van der Waals surface area contributed by atoms with E-state index in [-0.39, 0.29) is 6.10 Å². The summed E-state index contributed by atoms with van der Waals surface area (Å²) < 4.78 is 8.06. The topological polar surface area (TPSA) is 52.8 Å². The second kappa shape index (κ2) is 6.31. The summed E-state index contributed by atoms with van der Waals surface area (Å²) in [7, 11) is 0. The number of hydrogen-bond acceptors (Lipinski definition) is 4. The maximum atomic E-state index is 5.98. The lowest BCUT2D eigenvalue weighted by Gasteiger charge is -2.15. The highest BCUT2D eigenvalue weighted by atomic mass is 16.5. The van der Waals surface area contributed by atoms with E-state index in [1.54, 1.807) is 0 Å². The molecule has 5 heteroatoms. The van der Waals surface area contributed by atoms with Crippen LogP contribution in [0.2, 0.25) is 0 Å². The molecule has 0 bridgehead atoms. The third-order valence-electron chi connectivity index (χ3n) is 4.50. The number of imidazole rings is 1. The molecule has 0 N–H and O–H groups in total. The fourth-order valence-corrected chi connectivity index (χ4v) is 2.98. The van der Waals surface area contributed by atoms with E-state index in [4.69, 9.17) is 4.74 Å². The molecule has 2 aromatic heterocycles. The fraction of sp³-hybridized carbons (Fsp3) is 0.350. The van der Waals surface area contributed by atoms with Gasteiger partial charge in [0.15, 0.2) is 0 Å². The first-order valence-corrected chi connectivity index (χ1v) is 8.71. The van der Waals surface area contributed by atoms with Gasteiger partial charge in [-0.25, -0.2) is 9.97 Å².